The van der Waals surface area contributed by atoms with Crippen molar-refractivity contribution in [3.8, 4) is 0 Å². The lowest BCUT2D eigenvalue weighted by Crippen LogP contribution is -2.10. The number of carbonyl (C=O) groups is 1. The van der Waals surface area contributed by atoms with Crippen LogP contribution in [0.5, 0.6) is 0 Å². The monoisotopic (exact) mass is 315 g/mol. The van der Waals surface area contributed by atoms with Gasteiger partial charge >= 0.3 is 5.97 Å². The average Bonchev–Trinajstić information content (AvgIpc) is 2.88. The van der Waals surface area contributed by atoms with Crippen molar-refractivity contribution >= 4 is 27.6 Å². The minimum Gasteiger partial charge on any atom is -0.478 e. The summed E-state index contributed by atoms with van der Waals surface area (Å²) in [5.74, 6) is -1.14. The molecule has 98 valence electrons. The number of anilines is 1. The summed E-state index contributed by atoms with van der Waals surface area (Å²) >= 11 is 2.98. The Kier molecular flexibility index (Phi) is 3.36. The molecule has 0 radical (unpaired) electrons. The van der Waals surface area contributed by atoms with Crippen molar-refractivity contribution in [3.05, 3.63) is 28.0 Å². The van der Waals surface area contributed by atoms with E-state index in [1.165, 1.54) is 12.1 Å². The Morgan fingerprint density at radius 2 is 2.22 bits per heavy atom. The lowest BCUT2D eigenvalue weighted by molar-refractivity contribution is 0.0695. The summed E-state index contributed by atoms with van der Waals surface area (Å²) in [5, 5.41) is 11.9. The summed E-state index contributed by atoms with van der Waals surface area (Å²) in [4.78, 5) is 10.8. The van der Waals surface area contributed by atoms with Gasteiger partial charge in [-0.25, -0.2) is 9.18 Å². The van der Waals surface area contributed by atoms with Gasteiger partial charge in [-0.2, -0.15) is 0 Å². The summed E-state index contributed by atoms with van der Waals surface area (Å²) in [6, 6.07) is 2.87. The highest BCUT2D eigenvalue weighted by molar-refractivity contribution is 9.10. The first-order valence-corrected chi connectivity index (χ1v) is 6.57. The first-order chi connectivity index (χ1) is 8.33. The van der Waals surface area contributed by atoms with Crippen LogP contribution >= 0.6 is 15.9 Å². The van der Waals surface area contributed by atoms with Crippen LogP contribution < -0.4 is 5.32 Å². The Morgan fingerprint density at radius 1 is 1.61 bits per heavy atom. The maximum Gasteiger partial charge on any atom is 0.336 e. The Bertz CT molecular complexity index is 502. The first kappa shape index (κ1) is 13.3. The predicted octanol–water partition coefficient (Wildman–Crippen LogP) is 3.74. The molecule has 3 nitrogen and oxygen atoms in total. The Balaban J connectivity index is 2.10. The summed E-state index contributed by atoms with van der Waals surface area (Å²) in [6.07, 6.45) is 1.13. The van der Waals surface area contributed by atoms with Gasteiger partial charge in [0, 0.05) is 6.54 Å². The van der Waals surface area contributed by atoms with E-state index in [-0.39, 0.29) is 10.0 Å². The number of hydrogen-bond acceptors (Lipinski definition) is 2. The van der Waals surface area contributed by atoms with Crippen LogP contribution in [0.1, 0.15) is 30.6 Å². The molecular formula is C13H15BrFNO2. The van der Waals surface area contributed by atoms with Crippen molar-refractivity contribution in [2.75, 3.05) is 11.9 Å². The molecular weight excluding hydrogens is 301 g/mol. The molecule has 0 saturated heterocycles. The fourth-order valence-corrected chi connectivity index (χ4v) is 2.52. The van der Waals surface area contributed by atoms with Crippen LogP contribution in [0.4, 0.5) is 10.1 Å². The second-order valence-electron chi connectivity index (χ2n) is 5.36. The summed E-state index contributed by atoms with van der Waals surface area (Å²) < 4.78 is 13.9. The van der Waals surface area contributed by atoms with E-state index in [2.05, 4.69) is 35.1 Å². The van der Waals surface area contributed by atoms with Crippen LogP contribution in [0.3, 0.4) is 0 Å². The highest BCUT2D eigenvalue weighted by Crippen LogP contribution is 2.51. The maximum absolute atomic E-state index is 13.9. The molecule has 2 N–H and O–H groups in total. The van der Waals surface area contributed by atoms with Gasteiger partial charge in [-0.3, -0.25) is 0 Å². The minimum atomic E-state index is -1.14. The van der Waals surface area contributed by atoms with E-state index in [0.29, 0.717) is 23.6 Å². The van der Waals surface area contributed by atoms with Crippen LogP contribution in [0.2, 0.25) is 0 Å². The molecule has 0 heterocycles. The molecule has 1 aromatic rings. The standard InChI is InChI=1S/C13H15BrFNO2/c1-13(2)5-7(13)6-16-9-4-3-8(12(17)18)10(14)11(9)15/h3-4,7,16H,5-6H2,1-2H3,(H,17,18). The molecule has 18 heavy (non-hydrogen) atoms. The molecule has 0 aliphatic heterocycles. The predicted molar refractivity (Wildman–Crippen MR) is 71.4 cm³/mol. The number of nitrogens with one attached hydrogen (secondary N) is 1. The average molecular weight is 316 g/mol. The largest absolute Gasteiger partial charge is 0.478 e. The van der Waals surface area contributed by atoms with Crippen LogP contribution in [-0.4, -0.2) is 17.6 Å². The topological polar surface area (TPSA) is 49.3 Å². The van der Waals surface area contributed by atoms with E-state index < -0.39 is 11.8 Å². The molecule has 0 amide bonds. The highest BCUT2D eigenvalue weighted by atomic mass is 79.9. The number of benzene rings is 1. The number of aromatic carboxylic acids is 1. The van der Waals surface area contributed by atoms with Gasteiger partial charge in [0.1, 0.15) is 0 Å². The zero-order valence-electron chi connectivity index (χ0n) is 10.3. The van der Waals surface area contributed by atoms with E-state index >= 15 is 0 Å². The van der Waals surface area contributed by atoms with E-state index in [9.17, 15) is 9.18 Å². The number of carboxylic acids is 1. The molecule has 0 bridgehead atoms. The number of halogens is 2. The second-order valence-corrected chi connectivity index (χ2v) is 6.16. The van der Waals surface area contributed by atoms with Crippen molar-refractivity contribution in [2.24, 2.45) is 11.3 Å². The van der Waals surface area contributed by atoms with Gasteiger partial charge < -0.3 is 10.4 Å². The second kappa shape index (κ2) is 4.53. The third-order valence-electron chi connectivity index (χ3n) is 3.57. The van der Waals surface area contributed by atoms with Crippen molar-refractivity contribution in [3.63, 3.8) is 0 Å². The third kappa shape index (κ3) is 2.51. The lowest BCUT2D eigenvalue weighted by atomic mass is 10.1. The fourth-order valence-electron chi connectivity index (χ4n) is 2.01. The fraction of sp³-hybridized carbons (Fsp3) is 0.462. The number of hydrogen-bond donors (Lipinski definition) is 2. The van der Waals surface area contributed by atoms with E-state index in [1.807, 2.05) is 0 Å². The van der Waals surface area contributed by atoms with Crippen molar-refractivity contribution < 1.29 is 14.3 Å². The highest BCUT2D eigenvalue weighted by Gasteiger charge is 2.45. The molecule has 1 unspecified atom stereocenters. The van der Waals surface area contributed by atoms with Crippen LogP contribution in [0, 0.1) is 17.2 Å². The van der Waals surface area contributed by atoms with Gasteiger partial charge in [0.05, 0.1) is 15.7 Å². The van der Waals surface area contributed by atoms with Gasteiger partial charge in [0.25, 0.3) is 0 Å². The SMILES string of the molecule is CC1(C)CC1CNc1ccc(C(=O)O)c(Br)c1F. The quantitative estimate of drug-likeness (QED) is 0.889. The van der Waals surface area contributed by atoms with Crippen LogP contribution in [0.25, 0.3) is 0 Å². The molecule has 5 heteroatoms. The smallest absolute Gasteiger partial charge is 0.336 e. The Hall–Kier alpha value is -1.10. The molecule has 1 aromatic carbocycles. The molecule has 1 aliphatic rings. The zero-order chi connectivity index (χ0) is 13.5. The number of rotatable bonds is 4. The summed E-state index contributed by atoms with van der Waals surface area (Å²) in [5.41, 5.74) is 0.612. The molecule has 1 fully saturated rings. The van der Waals surface area contributed by atoms with Gasteiger partial charge in [-0.15, -0.1) is 0 Å². The van der Waals surface area contributed by atoms with Crippen LogP contribution in [-0.2, 0) is 0 Å². The van der Waals surface area contributed by atoms with Gasteiger partial charge in [0.15, 0.2) is 5.82 Å². The molecule has 1 aliphatic carbocycles. The van der Waals surface area contributed by atoms with E-state index in [4.69, 9.17) is 5.11 Å². The van der Waals surface area contributed by atoms with E-state index in [1.54, 1.807) is 0 Å². The van der Waals surface area contributed by atoms with E-state index in [0.717, 1.165) is 6.42 Å². The molecule has 2 rings (SSSR count). The van der Waals surface area contributed by atoms with Gasteiger partial charge in [0.2, 0.25) is 0 Å². The van der Waals surface area contributed by atoms with Crippen molar-refractivity contribution in [1.29, 1.82) is 0 Å². The molecule has 1 atom stereocenters. The normalized spacial score (nSPS) is 20.6. The Morgan fingerprint density at radius 3 is 2.72 bits per heavy atom. The number of carboxylic acid groups (broad SMARTS) is 1. The van der Waals surface area contributed by atoms with Crippen molar-refractivity contribution in [2.45, 2.75) is 20.3 Å². The minimum absolute atomic E-state index is 0.00458. The van der Waals surface area contributed by atoms with Gasteiger partial charge in [-0.1, -0.05) is 13.8 Å². The zero-order valence-corrected chi connectivity index (χ0v) is 11.8. The maximum atomic E-state index is 13.9. The summed E-state index contributed by atoms with van der Waals surface area (Å²) in [7, 11) is 0. The molecule has 1 saturated carbocycles. The first-order valence-electron chi connectivity index (χ1n) is 5.78. The van der Waals surface area contributed by atoms with Crippen molar-refractivity contribution in [1.82, 2.24) is 0 Å². The van der Waals surface area contributed by atoms with Gasteiger partial charge in [-0.05, 0) is 45.8 Å². The van der Waals surface area contributed by atoms with Crippen LogP contribution in [0.15, 0.2) is 16.6 Å². The Labute approximate surface area is 114 Å². The summed E-state index contributed by atoms with van der Waals surface area (Å²) in [6.45, 7) is 5.07. The third-order valence-corrected chi connectivity index (χ3v) is 4.34. The molecule has 0 spiro atoms. The molecule has 0 aromatic heterocycles. The lowest BCUT2D eigenvalue weighted by Gasteiger charge is -2.11.